The molecule has 1 aliphatic rings. The van der Waals surface area contributed by atoms with Crippen LogP contribution in [0.2, 0.25) is 0 Å². The van der Waals surface area contributed by atoms with Gasteiger partial charge in [-0.05, 0) is 25.0 Å². The van der Waals surface area contributed by atoms with Gasteiger partial charge in [0.15, 0.2) is 0 Å². The van der Waals surface area contributed by atoms with E-state index in [2.05, 4.69) is 5.32 Å². The first-order chi connectivity index (χ1) is 9.16. The van der Waals surface area contributed by atoms with E-state index in [1.165, 1.54) is 0 Å². The zero-order chi connectivity index (χ0) is 13.7. The molecule has 0 radical (unpaired) electrons. The summed E-state index contributed by atoms with van der Waals surface area (Å²) in [5, 5.41) is 12.7. The number of aliphatic hydroxyl groups excluding tert-OH is 1. The smallest absolute Gasteiger partial charge is 0.317 e. The Morgan fingerprint density at radius 3 is 2.79 bits per heavy atom. The third-order valence-electron chi connectivity index (χ3n) is 3.79. The first-order valence-corrected chi connectivity index (χ1v) is 6.94. The number of carbonyl (C=O) groups is 1. The highest BCUT2D eigenvalue weighted by molar-refractivity contribution is 5.73. The normalized spacial score (nSPS) is 22.4. The van der Waals surface area contributed by atoms with Crippen molar-refractivity contribution in [3.63, 3.8) is 0 Å². The molecule has 1 fully saturated rings. The number of nitrogens with one attached hydrogen (secondary N) is 1. The molecule has 0 bridgehead atoms. The standard InChI is InChI=1S/C14H23N3O2/c1-16(11-12-5-4-6-13(12)18)14(19)15-7-10-17-8-2-3-9-17/h2-3,8-9,12-13,18H,4-7,10-11H2,1H3,(H,15,19). The van der Waals surface area contributed by atoms with Gasteiger partial charge in [0.05, 0.1) is 6.10 Å². The van der Waals surface area contributed by atoms with E-state index in [1.54, 1.807) is 11.9 Å². The van der Waals surface area contributed by atoms with Crippen LogP contribution < -0.4 is 5.32 Å². The van der Waals surface area contributed by atoms with Gasteiger partial charge in [-0.3, -0.25) is 0 Å². The van der Waals surface area contributed by atoms with Crippen molar-refractivity contribution < 1.29 is 9.90 Å². The Bertz CT molecular complexity index is 391. The van der Waals surface area contributed by atoms with Crippen molar-refractivity contribution in [2.24, 2.45) is 5.92 Å². The summed E-state index contributed by atoms with van der Waals surface area (Å²) < 4.78 is 2.03. The SMILES string of the molecule is CN(CC1CCCC1O)C(=O)NCCn1cccc1. The fraction of sp³-hybridized carbons (Fsp3) is 0.643. The van der Waals surface area contributed by atoms with Crippen LogP contribution >= 0.6 is 0 Å². The zero-order valence-electron chi connectivity index (χ0n) is 11.5. The van der Waals surface area contributed by atoms with Gasteiger partial charge in [0.1, 0.15) is 0 Å². The molecule has 106 valence electrons. The van der Waals surface area contributed by atoms with E-state index in [0.717, 1.165) is 25.8 Å². The average Bonchev–Trinajstić information content (AvgIpc) is 3.02. The summed E-state index contributed by atoms with van der Waals surface area (Å²) in [6.45, 7) is 2.03. The molecule has 2 amide bonds. The number of rotatable bonds is 5. The Kier molecular flexibility index (Phi) is 4.85. The van der Waals surface area contributed by atoms with Crippen LogP contribution in [-0.4, -0.2) is 46.8 Å². The average molecular weight is 265 g/mol. The van der Waals surface area contributed by atoms with Crippen molar-refractivity contribution in [1.29, 1.82) is 0 Å². The molecule has 2 atom stereocenters. The first-order valence-electron chi connectivity index (χ1n) is 6.94. The maximum absolute atomic E-state index is 11.9. The van der Waals surface area contributed by atoms with Crippen LogP contribution in [0.5, 0.6) is 0 Å². The highest BCUT2D eigenvalue weighted by Crippen LogP contribution is 2.25. The van der Waals surface area contributed by atoms with E-state index in [-0.39, 0.29) is 18.1 Å². The largest absolute Gasteiger partial charge is 0.393 e. The summed E-state index contributed by atoms with van der Waals surface area (Å²) >= 11 is 0. The molecule has 5 heteroatoms. The van der Waals surface area contributed by atoms with Crippen molar-refractivity contribution in [2.75, 3.05) is 20.1 Å². The van der Waals surface area contributed by atoms with E-state index in [4.69, 9.17) is 0 Å². The Morgan fingerprint density at radius 1 is 1.42 bits per heavy atom. The molecule has 1 heterocycles. The second-order valence-corrected chi connectivity index (χ2v) is 5.29. The second kappa shape index (κ2) is 6.61. The van der Waals surface area contributed by atoms with E-state index < -0.39 is 0 Å². The van der Waals surface area contributed by atoms with Crippen LogP contribution in [0.3, 0.4) is 0 Å². The molecule has 1 aliphatic carbocycles. The minimum absolute atomic E-state index is 0.0637. The zero-order valence-corrected chi connectivity index (χ0v) is 11.5. The van der Waals surface area contributed by atoms with Crippen LogP contribution in [0.4, 0.5) is 4.79 Å². The number of hydrogen-bond acceptors (Lipinski definition) is 2. The number of nitrogens with zero attached hydrogens (tertiary/aromatic N) is 2. The predicted molar refractivity (Wildman–Crippen MR) is 73.8 cm³/mol. The summed E-state index contributed by atoms with van der Waals surface area (Å²) in [6, 6.07) is 3.87. The third-order valence-corrected chi connectivity index (χ3v) is 3.79. The Hall–Kier alpha value is -1.49. The van der Waals surface area contributed by atoms with Crippen molar-refractivity contribution in [3.8, 4) is 0 Å². The third kappa shape index (κ3) is 3.99. The molecule has 1 saturated carbocycles. The summed E-state index contributed by atoms with van der Waals surface area (Å²) in [4.78, 5) is 13.6. The predicted octanol–water partition coefficient (Wildman–Crippen LogP) is 1.29. The molecule has 19 heavy (non-hydrogen) atoms. The molecule has 0 saturated heterocycles. The fourth-order valence-corrected chi connectivity index (χ4v) is 2.61. The molecule has 5 nitrogen and oxygen atoms in total. The highest BCUT2D eigenvalue weighted by Gasteiger charge is 2.27. The van der Waals surface area contributed by atoms with Crippen LogP contribution in [0.1, 0.15) is 19.3 Å². The van der Waals surface area contributed by atoms with E-state index in [0.29, 0.717) is 13.1 Å². The lowest BCUT2D eigenvalue weighted by Gasteiger charge is -2.23. The molecule has 2 unspecified atom stereocenters. The Morgan fingerprint density at radius 2 is 2.16 bits per heavy atom. The Balaban J connectivity index is 1.67. The summed E-state index contributed by atoms with van der Waals surface area (Å²) in [5.74, 6) is 0.236. The minimum Gasteiger partial charge on any atom is -0.393 e. The van der Waals surface area contributed by atoms with Gasteiger partial charge in [-0.15, -0.1) is 0 Å². The second-order valence-electron chi connectivity index (χ2n) is 5.29. The van der Waals surface area contributed by atoms with E-state index >= 15 is 0 Å². The molecule has 0 aliphatic heterocycles. The van der Waals surface area contributed by atoms with Gasteiger partial charge >= 0.3 is 6.03 Å². The topological polar surface area (TPSA) is 57.5 Å². The van der Waals surface area contributed by atoms with Crippen LogP contribution in [0.25, 0.3) is 0 Å². The molecule has 0 aromatic carbocycles. The van der Waals surface area contributed by atoms with Crippen molar-refractivity contribution in [3.05, 3.63) is 24.5 Å². The molecule has 1 aromatic rings. The molecular weight excluding hydrogens is 242 g/mol. The first kappa shape index (κ1) is 13.9. The lowest BCUT2D eigenvalue weighted by molar-refractivity contribution is 0.114. The van der Waals surface area contributed by atoms with Gasteiger partial charge in [-0.2, -0.15) is 0 Å². The van der Waals surface area contributed by atoms with Gasteiger partial charge in [0.2, 0.25) is 0 Å². The minimum atomic E-state index is -0.241. The number of amides is 2. The summed E-state index contributed by atoms with van der Waals surface area (Å²) in [5.41, 5.74) is 0. The number of aliphatic hydroxyl groups is 1. The molecule has 1 aromatic heterocycles. The van der Waals surface area contributed by atoms with Gasteiger partial charge < -0.3 is 19.9 Å². The van der Waals surface area contributed by atoms with Crippen molar-refractivity contribution >= 4 is 6.03 Å². The highest BCUT2D eigenvalue weighted by atomic mass is 16.3. The maximum Gasteiger partial charge on any atom is 0.317 e. The number of carbonyl (C=O) groups excluding carboxylic acids is 1. The Labute approximate surface area is 114 Å². The van der Waals surface area contributed by atoms with Crippen molar-refractivity contribution in [1.82, 2.24) is 14.8 Å². The van der Waals surface area contributed by atoms with Gasteiger partial charge in [-0.1, -0.05) is 6.42 Å². The van der Waals surface area contributed by atoms with E-state index in [9.17, 15) is 9.90 Å². The lowest BCUT2D eigenvalue weighted by Crippen LogP contribution is -2.42. The fourth-order valence-electron chi connectivity index (χ4n) is 2.61. The monoisotopic (exact) mass is 265 g/mol. The van der Waals surface area contributed by atoms with E-state index in [1.807, 2.05) is 29.1 Å². The summed E-state index contributed by atoms with van der Waals surface area (Å²) in [7, 11) is 1.79. The van der Waals surface area contributed by atoms with Crippen LogP contribution in [0.15, 0.2) is 24.5 Å². The number of aromatic nitrogens is 1. The van der Waals surface area contributed by atoms with Gasteiger partial charge in [-0.25, -0.2) is 4.79 Å². The lowest BCUT2D eigenvalue weighted by atomic mass is 10.1. The maximum atomic E-state index is 11.9. The van der Waals surface area contributed by atoms with Crippen LogP contribution in [0, 0.1) is 5.92 Å². The summed E-state index contributed by atoms with van der Waals surface area (Å²) in [6.07, 6.45) is 6.66. The number of hydrogen-bond donors (Lipinski definition) is 2. The molecule has 0 spiro atoms. The molecule has 2 rings (SSSR count). The van der Waals surface area contributed by atoms with Crippen molar-refractivity contribution in [2.45, 2.75) is 31.9 Å². The number of urea groups is 1. The quantitative estimate of drug-likeness (QED) is 0.843. The van der Waals surface area contributed by atoms with Crippen LogP contribution in [-0.2, 0) is 6.54 Å². The molecular formula is C14H23N3O2. The van der Waals surface area contributed by atoms with Gasteiger partial charge in [0.25, 0.3) is 0 Å². The molecule has 2 N–H and O–H groups in total. The van der Waals surface area contributed by atoms with Gasteiger partial charge in [0, 0.05) is 45.0 Å².